The summed E-state index contributed by atoms with van der Waals surface area (Å²) in [7, 11) is 0. The number of aromatic nitrogens is 3. The number of aliphatic carboxylic acids is 2. The second-order valence-electron chi connectivity index (χ2n) is 6.64. The molecule has 2 heterocycles. The molecule has 152 valence electrons. The zero-order valence-corrected chi connectivity index (χ0v) is 15.7. The van der Waals surface area contributed by atoms with Gasteiger partial charge in [-0.05, 0) is 44.6 Å². The van der Waals surface area contributed by atoms with E-state index in [0.29, 0.717) is 11.4 Å². The number of nitrogens with zero attached hydrogens (tertiary/aromatic N) is 2. The molecule has 1 aliphatic rings. The van der Waals surface area contributed by atoms with Crippen LogP contribution in [0.3, 0.4) is 0 Å². The van der Waals surface area contributed by atoms with E-state index in [-0.39, 0.29) is 23.3 Å². The van der Waals surface area contributed by atoms with Gasteiger partial charge >= 0.3 is 17.9 Å². The summed E-state index contributed by atoms with van der Waals surface area (Å²) in [6, 6.07) is 5.39. The summed E-state index contributed by atoms with van der Waals surface area (Å²) in [6.07, 6.45) is 3.95. The number of aromatic carboxylic acids is 1. The fourth-order valence-electron chi connectivity index (χ4n) is 2.71. The number of carboxylic acid groups (broad SMARTS) is 3. The van der Waals surface area contributed by atoms with Crippen LogP contribution in [0.25, 0.3) is 11.4 Å². The largest absolute Gasteiger partial charge is 0.481 e. The van der Waals surface area contributed by atoms with Crippen molar-refractivity contribution >= 4 is 17.9 Å². The van der Waals surface area contributed by atoms with Crippen molar-refractivity contribution in [1.29, 1.82) is 0 Å². The Hall–Kier alpha value is -3.95. The van der Waals surface area contributed by atoms with Crippen molar-refractivity contribution in [3.05, 3.63) is 59.1 Å². The second-order valence-corrected chi connectivity index (χ2v) is 6.64. The molecule has 0 bridgehead atoms. The predicted octanol–water partition coefficient (Wildman–Crippen LogP) is 1.81. The molecule has 0 spiro atoms. The van der Waals surface area contributed by atoms with Gasteiger partial charge in [0.15, 0.2) is 0 Å². The van der Waals surface area contributed by atoms with Crippen LogP contribution in [0.15, 0.2) is 47.8 Å². The van der Waals surface area contributed by atoms with Gasteiger partial charge in [0.1, 0.15) is 11.3 Å². The topological polar surface area (TPSA) is 179 Å². The van der Waals surface area contributed by atoms with Crippen LogP contribution in [0.5, 0.6) is 0 Å². The molecule has 1 unspecified atom stereocenters. The van der Waals surface area contributed by atoms with Crippen molar-refractivity contribution in [2.75, 3.05) is 0 Å². The van der Waals surface area contributed by atoms with Gasteiger partial charge in [-0.3, -0.25) is 14.9 Å². The van der Waals surface area contributed by atoms with Crippen molar-refractivity contribution in [3.63, 3.8) is 0 Å². The third-order valence-electron chi connectivity index (χ3n) is 4.15. The minimum Gasteiger partial charge on any atom is -0.481 e. The van der Waals surface area contributed by atoms with E-state index in [4.69, 9.17) is 21.1 Å². The molecular weight excluding hydrogens is 380 g/mol. The van der Waals surface area contributed by atoms with E-state index in [1.165, 1.54) is 25.3 Å². The summed E-state index contributed by atoms with van der Waals surface area (Å²) in [5, 5.41) is 32.9. The summed E-state index contributed by atoms with van der Waals surface area (Å²) < 4.78 is 0. The van der Waals surface area contributed by atoms with Crippen molar-refractivity contribution in [1.82, 2.24) is 15.2 Å². The Morgan fingerprint density at radius 3 is 2.41 bits per heavy atom. The Morgan fingerprint density at radius 1 is 1.17 bits per heavy atom. The number of nitrogens with one attached hydrogen (secondary N) is 1. The summed E-state index contributed by atoms with van der Waals surface area (Å²) in [6.45, 7) is 3.29. The van der Waals surface area contributed by atoms with Gasteiger partial charge in [-0.15, -0.1) is 0 Å². The Kier molecular flexibility index (Phi) is 6.17. The van der Waals surface area contributed by atoms with E-state index >= 15 is 0 Å². The van der Waals surface area contributed by atoms with Crippen molar-refractivity contribution in [2.45, 2.75) is 20.3 Å². The third-order valence-corrected chi connectivity index (χ3v) is 4.15. The molecule has 0 saturated heterocycles. The molecule has 10 heteroatoms. The van der Waals surface area contributed by atoms with Crippen LogP contribution in [-0.4, -0.2) is 48.4 Å². The van der Waals surface area contributed by atoms with Crippen LogP contribution in [0.1, 0.15) is 29.4 Å². The van der Waals surface area contributed by atoms with Crippen LogP contribution in [0.4, 0.5) is 0 Å². The van der Waals surface area contributed by atoms with Gasteiger partial charge < -0.3 is 21.1 Å². The Morgan fingerprint density at radius 2 is 1.86 bits per heavy atom. The highest BCUT2D eigenvalue weighted by atomic mass is 16.4. The van der Waals surface area contributed by atoms with E-state index in [1.54, 1.807) is 6.07 Å². The number of aromatic amines is 1. The second kappa shape index (κ2) is 8.38. The maximum absolute atomic E-state index is 10.9. The lowest BCUT2D eigenvalue weighted by Crippen LogP contribution is -2.30. The van der Waals surface area contributed by atoms with Crippen LogP contribution in [-0.2, 0) is 9.59 Å². The minimum absolute atomic E-state index is 0.0231. The lowest BCUT2D eigenvalue weighted by molar-refractivity contribution is -0.145. The molecule has 2 aromatic heterocycles. The van der Waals surface area contributed by atoms with Gasteiger partial charge in [0.2, 0.25) is 0 Å². The molecule has 0 aromatic carbocycles. The maximum Gasteiger partial charge on any atom is 0.339 e. The number of carbonyl (C=O) groups is 3. The first-order valence-corrected chi connectivity index (χ1v) is 8.40. The van der Waals surface area contributed by atoms with E-state index in [2.05, 4.69) is 15.2 Å². The van der Waals surface area contributed by atoms with Crippen molar-refractivity contribution < 1.29 is 29.7 Å². The fourth-order valence-corrected chi connectivity index (χ4v) is 2.71. The van der Waals surface area contributed by atoms with Gasteiger partial charge in [0.05, 0.1) is 11.1 Å². The lowest BCUT2D eigenvalue weighted by atomic mass is 9.79. The monoisotopic (exact) mass is 400 g/mol. The van der Waals surface area contributed by atoms with E-state index in [1.807, 2.05) is 19.1 Å². The number of H-pyrrole nitrogens is 1. The maximum atomic E-state index is 10.9. The number of nitrogens with two attached hydrogens (primary N) is 1. The number of carboxylic acids is 3. The first kappa shape index (κ1) is 21.4. The molecule has 2 aromatic rings. The highest BCUT2D eigenvalue weighted by molar-refractivity contribution is 5.94. The normalized spacial score (nSPS) is 18.0. The average molecular weight is 400 g/mol. The first-order chi connectivity index (χ1) is 13.5. The van der Waals surface area contributed by atoms with E-state index < -0.39 is 23.3 Å². The van der Waals surface area contributed by atoms with Crippen molar-refractivity contribution in [2.24, 2.45) is 11.1 Å². The molecule has 6 N–H and O–H groups in total. The van der Waals surface area contributed by atoms with Gasteiger partial charge in [0, 0.05) is 23.2 Å². The van der Waals surface area contributed by atoms with Gasteiger partial charge in [-0.25, -0.2) is 9.59 Å². The van der Waals surface area contributed by atoms with Crippen molar-refractivity contribution in [3.8, 4) is 11.4 Å². The SMILES string of the molecule is CC1(C(=O)O)C=C(N)C=C(C(=O)O)C1.Cc1cccc(-c2n[nH]cc2C(=O)O)n1. The zero-order valence-electron chi connectivity index (χ0n) is 15.7. The van der Waals surface area contributed by atoms with Crippen LogP contribution in [0, 0.1) is 12.3 Å². The first-order valence-electron chi connectivity index (χ1n) is 8.40. The number of rotatable bonds is 4. The summed E-state index contributed by atoms with van der Waals surface area (Å²) >= 11 is 0. The molecule has 29 heavy (non-hydrogen) atoms. The number of allylic oxidation sites excluding steroid dienone is 1. The third kappa shape index (κ3) is 5.06. The highest BCUT2D eigenvalue weighted by Crippen LogP contribution is 2.32. The molecule has 0 aliphatic heterocycles. The summed E-state index contributed by atoms with van der Waals surface area (Å²) in [4.78, 5) is 36.6. The van der Waals surface area contributed by atoms with Gasteiger partial charge in [-0.2, -0.15) is 5.10 Å². The van der Waals surface area contributed by atoms with Crippen LogP contribution < -0.4 is 5.73 Å². The molecule has 0 radical (unpaired) electrons. The molecule has 3 rings (SSSR count). The van der Waals surface area contributed by atoms with Crippen LogP contribution in [0.2, 0.25) is 0 Å². The molecule has 0 amide bonds. The fraction of sp³-hybridized carbons (Fsp3) is 0.211. The van der Waals surface area contributed by atoms with E-state index in [0.717, 1.165) is 5.69 Å². The Labute approximate surface area is 165 Å². The highest BCUT2D eigenvalue weighted by Gasteiger charge is 2.36. The van der Waals surface area contributed by atoms with E-state index in [9.17, 15) is 14.4 Å². The van der Waals surface area contributed by atoms with Crippen LogP contribution >= 0.6 is 0 Å². The molecule has 1 atom stereocenters. The molecule has 1 aliphatic carbocycles. The summed E-state index contributed by atoms with van der Waals surface area (Å²) in [5.41, 5.74) is 6.31. The molecule has 0 saturated carbocycles. The van der Waals surface area contributed by atoms with Gasteiger partial charge in [-0.1, -0.05) is 6.07 Å². The Bertz CT molecular complexity index is 1020. The predicted molar refractivity (Wildman–Crippen MR) is 102 cm³/mol. The summed E-state index contributed by atoms with van der Waals surface area (Å²) in [5.74, 6) is -3.22. The average Bonchev–Trinajstić information content (AvgIpc) is 3.11. The standard InChI is InChI=1S/C10H9N3O2.C9H11NO4/c1-6-3-2-4-8(12-6)9-7(10(14)15)5-11-13-9;1-9(8(13)14)3-5(7(11)12)2-6(10)4-9/h2-5H,1H3,(H,11,13)(H,14,15);2,4H,3,10H2,1H3,(H,11,12)(H,13,14). The lowest BCUT2D eigenvalue weighted by Gasteiger charge is -2.24. The molecular formula is C19H20N4O6. The Balaban J connectivity index is 0.000000208. The number of pyridine rings is 1. The zero-order chi connectivity index (χ0) is 21.8. The smallest absolute Gasteiger partial charge is 0.339 e. The van der Waals surface area contributed by atoms with Gasteiger partial charge in [0.25, 0.3) is 0 Å². The molecule has 0 fully saturated rings. The number of hydrogen-bond donors (Lipinski definition) is 5. The molecule has 10 nitrogen and oxygen atoms in total. The quantitative estimate of drug-likeness (QED) is 0.511. The minimum atomic E-state index is -1.22. The number of hydrogen-bond acceptors (Lipinski definition) is 6. The number of aryl methyl sites for hydroxylation is 1.